The van der Waals surface area contributed by atoms with Crippen LogP contribution in [0.25, 0.3) is 0 Å². The monoisotopic (exact) mass is 442 g/mol. The number of fused-ring (bicyclic) bond motifs is 1. The maximum atomic E-state index is 13.1. The van der Waals surface area contributed by atoms with E-state index in [2.05, 4.69) is 0 Å². The van der Waals surface area contributed by atoms with Crippen LogP contribution in [0.15, 0.2) is 60.3 Å². The predicted molar refractivity (Wildman–Crippen MR) is 112 cm³/mol. The summed E-state index contributed by atoms with van der Waals surface area (Å²) >= 11 is 6.32. The Kier molecular flexibility index (Phi) is 6.71. The van der Waals surface area contributed by atoms with Gasteiger partial charge >= 0.3 is 11.9 Å². The van der Waals surface area contributed by atoms with Gasteiger partial charge in [0.1, 0.15) is 0 Å². The molecule has 0 aliphatic carbocycles. The Hall–Kier alpha value is -3.65. The van der Waals surface area contributed by atoms with Crippen LogP contribution in [0.5, 0.6) is 0 Å². The molecular weight excluding hydrogens is 424 g/mol. The lowest BCUT2D eigenvalue weighted by molar-refractivity contribution is -0.146. The molecule has 0 aromatic heterocycles. The number of carbonyl (C=O) groups excluding carboxylic acids is 4. The second-order valence-electron chi connectivity index (χ2n) is 6.25. The highest BCUT2D eigenvalue weighted by Crippen LogP contribution is 2.32. The quantitative estimate of drug-likeness (QED) is 0.213. The summed E-state index contributed by atoms with van der Waals surface area (Å²) in [5.74, 6) is -3.20. The fourth-order valence-electron chi connectivity index (χ4n) is 2.97. The van der Waals surface area contributed by atoms with Gasteiger partial charge in [-0.1, -0.05) is 35.9 Å². The first-order chi connectivity index (χ1) is 14.9. The number of rotatable bonds is 7. The van der Waals surface area contributed by atoms with E-state index in [0.717, 1.165) is 16.2 Å². The van der Waals surface area contributed by atoms with E-state index in [-0.39, 0.29) is 35.1 Å². The standard InChI is InChI=1S/C22H19ClN2O6/c1-3-30-21(28)16(22(29)31-4-2)13-24(18-12-8-7-11-17(18)23)25-19(26)14-9-5-6-10-15(14)20(25)27/h5-13H,3-4H2,1-2H3. The predicted octanol–water partition coefficient (Wildman–Crippen LogP) is 3.37. The largest absolute Gasteiger partial charge is 0.462 e. The molecule has 2 aromatic carbocycles. The van der Waals surface area contributed by atoms with Crippen LogP contribution in [0, 0.1) is 0 Å². The highest BCUT2D eigenvalue weighted by atomic mass is 35.5. The van der Waals surface area contributed by atoms with Crippen LogP contribution in [-0.4, -0.2) is 42.0 Å². The van der Waals surface area contributed by atoms with Gasteiger partial charge in [0.2, 0.25) is 0 Å². The smallest absolute Gasteiger partial charge is 0.347 e. The molecule has 8 nitrogen and oxygen atoms in total. The molecule has 0 radical (unpaired) electrons. The van der Waals surface area contributed by atoms with Gasteiger partial charge in [0.15, 0.2) is 5.57 Å². The number of ether oxygens (including phenoxy) is 2. The van der Waals surface area contributed by atoms with Gasteiger partial charge in [-0.05, 0) is 38.1 Å². The van der Waals surface area contributed by atoms with Crippen molar-refractivity contribution >= 4 is 41.0 Å². The van der Waals surface area contributed by atoms with Gasteiger partial charge in [0, 0.05) is 6.20 Å². The van der Waals surface area contributed by atoms with Gasteiger partial charge < -0.3 is 9.47 Å². The average molecular weight is 443 g/mol. The summed E-state index contributed by atoms with van der Waals surface area (Å²) in [6.45, 7) is 3.18. The van der Waals surface area contributed by atoms with E-state index in [1.165, 1.54) is 18.2 Å². The first-order valence-electron chi connectivity index (χ1n) is 9.48. The Morgan fingerprint density at radius 1 is 0.903 bits per heavy atom. The topological polar surface area (TPSA) is 93.2 Å². The lowest BCUT2D eigenvalue weighted by Crippen LogP contribution is -2.44. The molecule has 9 heteroatoms. The van der Waals surface area contributed by atoms with Crippen molar-refractivity contribution < 1.29 is 28.7 Å². The maximum absolute atomic E-state index is 13.1. The highest BCUT2D eigenvalue weighted by molar-refractivity contribution is 6.33. The molecule has 1 heterocycles. The third-order valence-electron chi connectivity index (χ3n) is 4.33. The number of anilines is 1. The zero-order valence-electron chi connectivity index (χ0n) is 16.8. The average Bonchev–Trinajstić information content (AvgIpc) is 3.01. The van der Waals surface area contributed by atoms with Crippen LogP contribution < -0.4 is 5.01 Å². The Labute approximate surface area is 183 Å². The number of carbonyl (C=O) groups is 4. The molecule has 0 saturated carbocycles. The van der Waals surface area contributed by atoms with Crippen LogP contribution in [0.3, 0.4) is 0 Å². The van der Waals surface area contributed by atoms with Crippen molar-refractivity contribution in [2.75, 3.05) is 18.2 Å². The number of esters is 2. The van der Waals surface area contributed by atoms with Gasteiger partial charge in [-0.2, -0.15) is 5.01 Å². The minimum Gasteiger partial charge on any atom is -0.462 e. The first-order valence-corrected chi connectivity index (χ1v) is 9.86. The second-order valence-corrected chi connectivity index (χ2v) is 6.65. The second kappa shape index (κ2) is 9.44. The zero-order chi connectivity index (χ0) is 22.5. The van der Waals surface area contributed by atoms with Crippen LogP contribution in [0.2, 0.25) is 5.02 Å². The maximum Gasteiger partial charge on any atom is 0.347 e. The van der Waals surface area contributed by atoms with Crippen LogP contribution in [0.4, 0.5) is 5.69 Å². The molecule has 0 fully saturated rings. The van der Waals surface area contributed by atoms with Crippen molar-refractivity contribution in [3.8, 4) is 0 Å². The number of halogens is 1. The van der Waals surface area contributed by atoms with Gasteiger partial charge in [0.05, 0.1) is 35.1 Å². The molecular formula is C22H19ClN2O6. The number of hydrazine groups is 1. The van der Waals surface area contributed by atoms with Gasteiger partial charge in [0.25, 0.3) is 11.8 Å². The number of hydrogen-bond acceptors (Lipinski definition) is 7. The summed E-state index contributed by atoms with van der Waals surface area (Å²) in [5, 5.41) is 2.06. The number of hydrogen-bond donors (Lipinski definition) is 0. The SMILES string of the molecule is CCOC(=O)C(=CN(c1ccccc1Cl)N1C(=O)c2ccccc2C1=O)C(=O)OCC. The molecule has 0 atom stereocenters. The molecule has 0 N–H and O–H groups in total. The van der Waals surface area contributed by atoms with E-state index < -0.39 is 29.3 Å². The van der Waals surface area contributed by atoms with Crippen molar-refractivity contribution in [2.45, 2.75) is 13.8 Å². The first kappa shape index (κ1) is 22.0. The van der Waals surface area contributed by atoms with Crippen LogP contribution in [0.1, 0.15) is 34.6 Å². The molecule has 1 aliphatic rings. The number of imide groups is 1. The molecule has 0 saturated heterocycles. The lowest BCUT2D eigenvalue weighted by atomic mass is 10.1. The van der Waals surface area contributed by atoms with Crippen molar-refractivity contribution in [3.05, 3.63) is 76.5 Å². The molecule has 0 spiro atoms. The number of para-hydroxylation sites is 1. The van der Waals surface area contributed by atoms with E-state index >= 15 is 0 Å². The minimum absolute atomic E-state index is 0.00862. The fraction of sp³-hybridized carbons (Fsp3) is 0.182. The number of nitrogens with zero attached hydrogens (tertiary/aromatic N) is 2. The molecule has 160 valence electrons. The van der Waals surface area contributed by atoms with Gasteiger partial charge in [-0.3, -0.25) is 9.59 Å². The highest BCUT2D eigenvalue weighted by Gasteiger charge is 2.40. The Balaban J connectivity index is 2.18. The van der Waals surface area contributed by atoms with Gasteiger partial charge in [-0.25, -0.2) is 14.6 Å². The van der Waals surface area contributed by atoms with Crippen molar-refractivity contribution in [3.63, 3.8) is 0 Å². The zero-order valence-corrected chi connectivity index (χ0v) is 17.6. The minimum atomic E-state index is -0.963. The van der Waals surface area contributed by atoms with Crippen LogP contribution in [-0.2, 0) is 19.1 Å². The molecule has 1 aliphatic heterocycles. The molecule has 2 amide bonds. The Morgan fingerprint density at radius 2 is 1.39 bits per heavy atom. The summed E-state index contributed by atoms with van der Waals surface area (Å²) < 4.78 is 9.92. The third-order valence-corrected chi connectivity index (χ3v) is 4.65. The molecule has 2 aromatic rings. The van der Waals surface area contributed by atoms with E-state index in [4.69, 9.17) is 21.1 Å². The molecule has 31 heavy (non-hydrogen) atoms. The molecule has 0 unspecified atom stereocenters. The van der Waals surface area contributed by atoms with Gasteiger partial charge in [-0.15, -0.1) is 0 Å². The van der Waals surface area contributed by atoms with Crippen LogP contribution >= 0.6 is 11.6 Å². The Morgan fingerprint density at radius 3 is 1.87 bits per heavy atom. The van der Waals surface area contributed by atoms with E-state index in [0.29, 0.717) is 0 Å². The lowest BCUT2D eigenvalue weighted by Gasteiger charge is -2.30. The number of benzene rings is 2. The molecule has 3 rings (SSSR count). The van der Waals surface area contributed by atoms with Crippen molar-refractivity contribution in [2.24, 2.45) is 0 Å². The summed E-state index contributed by atoms with van der Waals surface area (Å²) in [5.41, 5.74) is 0.0727. The van der Waals surface area contributed by atoms with E-state index in [1.807, 2.05) is 0 Å². The number of amides is 2. The van der Waals surface area contributed by atoms with E-state index in [9.17, 15) is 19.2 Å². The summed E-state index contributed by atoms with van der Waals surface area (Å²) in [6, 6.07) is 12.7. The summed E-state index contributed by atoms with van der Waals surface area (Å²) in [4.78, 5) is 51.1. The Bertz CT molecular complexity index is 1030. The van der Waals surface area contributed by atoms with E-state index in [1.54, 1.807) is 44.2 Å². The third kappa shape index (κ3) is 4.29. The van der Waals surface area contributed by atoms with Crippen molar-refractivity contribution in [1.82, 2.24) is 5.01 Å². The summed E-state index contributed by atoms with van der Waals surface area (Å²) in [7, 11) is 0. The fourth-order valence-corrected chi connectivity index (χ4v) is 3.20. The summed E-state index contributed by atoms with van der Waals surface area (Å²) in [6.07, 6.45) is 1.03. The van der Waals surface area contributed by atoms with Crippen molar-refractivity contribution in [1.29, 1.82) is 0 Å². The normalized spacial score (nSPS) is 12.3. The molecule has 0 bridgehead atoms.